The maximum Gasteiger partial charge on any atom is 0.174 e. The number of ether oxygens (including phenoxy) is 1. The smallest absolute Gasteiger partial charge is 0.174 e. The number of aromatic nitrogens is 1. The summed E-state index contributed by atoms with van der Waals surface area (Å²) in [5.41, 5.74) is 5.30. The van der Waals surface area contributed by atoms with Crippen LogP contribution in [-0.4, -0.2) is 11.8 Å². The van der Waals surface area contributed by atoms with Gasteiger partial charge in [-0.25, -0.2) is 0 Å². The van der Waals surface area contributed by atoms with E-state index >= 15 is 0 Å². The summed E-state index contributed by atoms with van der Waals surface area (Å²) in [5, 5.41) is 5.47. The molecule has 0 saturated carbocycles. The Bertz CT molecular complexity index is 806. The maximum absolute atomic E-state index is 6.01. The monoisotopic (exact) mass is 323 g/mol. The van der Waals surface area contributed by atoms with Crippen LogP contribution < -0.4 is 4.74 Å². The molecule has 24 heavy (non-hydrogen) atoms. The predicted octanol–water partition coefficient (Wildman–Crippen LogP) is 5.80. The number of rotatable bonds is 7. The molecule has 0 atom stereocenters. The number of aryl methyl sites for hydroxylation is 2. The number of hydrogen-bond acceptors (Lipinski definition) is 3. The molecule has 0 fully saturated rings. The van der Waals surface area contributed by atoms with Gasteiger partial charge in [-0.1, -0.05) is 62.2 Å². The van der Waals surface area contributed by atoms with Crippen molar-refractivity contribution in [2.45, 2.75) is 46.5 Å². The molecule has 0 saturated heterocycles. The van der Waals surface area contributed by atoms with E-state index in [1.807, 2.05) is 25.1 Å². The zero-order valence-corrected chi connectivity index (χ0v) is 14.8. The van der Waals surface area contributed by atoms with E-state index in [4.69, 9.17) is 9.26 Å². The van der Waals surface area contributed by atoms with Crippen LogP contribution in [0.3, 0.4) is 0 Å². The Balaban J connectivity index is 2.25. The molecule has 0 spiro atoms. The van der Waals surface area contributed by atoms with Gasteiger partial charge >= 0.3 is 0 Å². The molecule has 0 unspecified atom stereocenters. The van der Waals surface area contributed by atoms with Crippen LogP contribution in [0.5, 0.6) is 5.75 Å². The number of nitrogens with zero attached hydrogens (tertiary/aromatic N) is 1. The van der Waals surface area contributed by atoms with Crippen molar-refractivity contribution in [3.8, 4) is 17.0 Å². The van der Waals surface area contributed by atoms with E-state index < -0.39 is 0 Å². The van der Waals surface area contributed by atoms with Gasteiger partial charge in [-0.15, -0.1) is 0 Å². The first kappa shape index (κ1) is 16.6. The van der Waals surface area contributed by atoms with Gasteiger partial charge in [-0.2, -0.15) is 0 Å². The lowest BCUT2D eigenvalue weighted by atomic mass is 9.96. The van der Waals surface area contributed by atoms with E-state index in [2.05, 4.69) is 37.2 Å². The van der Waals surface area contributed by atoms with Crippen molar-refractivity contribution in [1.29, 1.82) is 0 Å². The van der Waals surface area contributed by atoms with Crippen molar-refractivity contribution in [2.24, 2.45) is 0 Å². The Hall–Kier alpha value is -2.29. The van der Waals surface area contributed by atoms with Gasteiger partial charge in [0.2, 0.25) is 0 Å². The summed E-state index contributed by atoms with van der Waals surface area (Å²) < 4.78 is 11.8. The third kappa shape index (κ3) is 3.03. The molecule has 3 rings (SSSR count). The van der Waals surface area contributed by atoms with Crippen LogP contribution >= 0.6 is 0 Å². The first-order valence-electron chi connectivity index (χ1n) is 8.92. The number of benzene rings is 2. The molecule has 1 heterocycles. The summed E-state index contributed by atoms with van der Waals surface area (Å²) in [6.45, 7) is 7.08. The summed E-state index contributed by atoms with van der Waals surface area (Å²) in [4.78, 5) is 0. The van der Waals surface area contributed by atoms with Gasteiger partial charge in [0.25, 0.3) is 0 Å². The average molecular weight is 323 g/mol. The van der Waals surface area contributed by atoms with E-state index in [1.165, 1.54) is 5.56 Å². The molecule has 0 radical (unpaired) electrons. The second-order valence-electron chi connectivity index (χ2n) is 6.05. The van der Waals surface area contributed by atoms with Gasteiger partial charge in [0, 0.05) is 11.1 Å². The molecule has 0 aliphatic rings. The maximum atomic E-state index is 6.01. The predicted molar refractivity (Wildman–Crippen MR) is 98.6 cm³/mol. The van der Waals surface area contributed by atoms with E-state index in [9.17, 15) is 0 Å². The summed E-state index contributed by atoms with van der Waals surface area (Å²) in [6.07, 6.45) is 4.07. The molecule has 3 aromatic rings. The van der Waals surface area contributed by atoms with Crippen molar-refractivity contribution in [3.05, 3.63) is 47.5 Å². The zero-order chi connectivity index (χ0) is 16.9. The molecule has 0 aliphatic carbocycles. The fourth-order valence-corrected chi connectivity index (χ4v) is 3.25. The molecule has 3 heteroatoms. The molecular weight excluding hydrogens is 298 g/mol. The Morgan fingerprint density at radius 2 is 1.75 bits per heavy atom. The Morgan fingerprint density at radius 1 is 1.00 bits per heavy atom. The molecular formula is C21H25NO2. The molecule has 126 valence electrons. The quantitative estimate of drug-likeness (QED) is 0.551. The van der Waals surface area contributed by atoms with Crippen molar-refractivity contribution in [2.75, 3.05) is 6.61 Å². The van der Waals surface area contributed by atoms with Crippen LogP contribution in [-0.2, 0) is 12.8 Å². The second-order valence-corrected chi connectivity index (χ2v) is 6.05. The Morgan fingerprint density at radius 3 is 2.42 bits per heavy atom. The van der Waals surface area contributed by atoms with Crippen molar-refractivity contribution < 1.29 is 9.26 Å². The lowest BCUT2D eigenvalue weighted by Gasteiger charge is -2.15. The van der Waals surface area contributed by atoms with Crippen LogP contribution in [0.2, 0.25) is 0 Å². The topological polar surface area (TPSA) is 35.3 Å². The van der Waals surface area contributed by atoms with E-state index in [-0.39, 0.29) is 0 Å². The van der Waals surface area contributed by atoms with Crippen LogP contribution in [0.4, 0.5) is 0 Å². The SMILES string of the molecule is CCCc1cc2c(-c3ccccc3)noc2c(CCC)c1OCC. The Kier molecular flexibility index (Phi) is 5.19. The molecule has 3 nitrogen and oxygen atoms in total. The number of hydrogen-bond donors (Lipinski definition) is 0. The average Bonchev–Trinajstić information content (AvgIpc) is 3.02. The molecule has 0 bridgehead atoms. The normalized spacial score (nSPS) is 11.1. The first-order valence-corrected chi connectivity index (χ1v) is 8.92. The van der Waals surface area contributed by atoms with Crippen LogP contribution in [0, 0.1) is 0 Å². The third-order valence-corrected chi connectivity index (χ3v) is 4.24. The fourth-order valence-electron chi connectivity index (χ4n) is 3.25. The summed E-state index contributed by atoms with van der Waals surface area (Å²) >= 11 is 0. The summed E-state index contributed by atoms with van der Waals surface area (Å²) in [5.74, 6) is 1.00. The van der Waals surface area contributed by atoms with Gasteiger partial charge < -0.3 is 9.26 Å². The van der Waals surface area contributed by atoms with E-state index in [1.54, 1.807) is 0 Å². The minimum Gasteiger partial charge on any atom is -0.493 e. The van der Waals surface area contributed by atoms with Gasteiger partial charge in [0.1, 0.15) is 11.4 Å². The molecule has 0 amide bonds. The highest BCUT2D eigenvalue weighted by molar-refractivity contribution is 5.95. The van der Waals surface area contributed by atoms with E-state index in [0.29, 0.717) is 6.61 Å². The van der Waals surface area contributed by atoms with Crippen molar-refractivity contribution >= 4 is 11.0 Å². The summed E-state index contributed by atoms with van der Waals surface area (Å²) in [6, 6.07) is 12.4. The van der Waals surface area contributed by atoms with Crippen LogP contribution in [0.25, 0.3) is 22.2 Å². The highest BCUT2D eigenvalue weighted by Crippen LogP contribution is 2.38. The lowest BCUT2D eigenvalue weighted by molar-refractivity contribution is 0.331. The first-order chi connectivity index (χ1) is 11.8. The lowest BCUT2D eigenvalue weighted by Crippen LogP contribution is -2.02. The van der Waals surface area contributed by atoms with E-state index in [0.717, 1.165) is 59.2 Å². The highest BCUT2D eigenvalue weighted by atomic mass is 16.5. The fraction of sp³-hybridized carbons (Fsp3) is 0.381. The van der Waals surface area contributed by atoms with Gasteiger partial charge in [-0.3, -0.25) is 0 Å². The minimum atomic E-state index is 0.665. The molecule has 0 aliphatic heterocycles. The van der Waals surface area contributed by atoms with Crippen LogP contribution in [0.15, 0.2) is 40.9 Å². The minimum absolute atomic E-state index is 0.665. The van der Waals surface area contributed by atoms with Gasteiger partial charge in [0.15, 0.2) is 5.58 Å². The van der Waals surface area contributed by atoms with Gasteiger partial charge in [-0.05, 0) is 31.4 Å². The Labute approximate surface area is 143 Å². The van der Waals surface area contributed by atoms with Crippen molar-refractivity contribution in [3.63, 3.8) is 0 Å². The summed E-state index contributed by atoms with van der Waals surface area (Å²) in [7, 11) is 0. The van der Waals surface area contributed by atoms with Crippen LogP contribution in [0.1, 0.15) is 44.7 Å². The van der Waals surface area contributed by atoms with Crippen molar-refractivity contribution in [1.82, 2.24) is 5.16 Å². The molecule has 0 N–H and O–H groups in total. The molecule has 1 aromatic heterocycles. The third-order valence-electron chi connectivity index (χ3n) is 4.24. The van der Waals surface area contributed by atoms with Gasteiger partial charge in [0.05, 0.1) is 12.0 Å². The standard InChI is InChI=1S/C21H25NO2/c1-4-10-16-14-18-19(15-12-8-7-9-13-15)22-24-21(18)17(11-5-2)20(16)23-6-3/h7-9,12-14H,4-6,10-11H2,1-3H3. The highest BCUT2D eigenvalue weighted by Gasteiger charge is 2.20. The second kappa shape index (κ2) is 7.52. The molecule has 2 aromatic carbocycles. The zero-order valence-electron chi connectivity index (χ0n) is 14.8. The largest absolute Gasteiger partial charge is 0.493 e. The number of fused-ring (bicyclic) bond motifs is 1.